The van der Waals surface area contributed by atoms with Crippen molar-refractivity contribution >= 4 is 5.97 Å². The molecule has 160 valence electrons. The van der Waals surface area contributed by atoms with Crippen molar-refractivity contribution in [3.8, 4) is 17.6 Å². The summed E-state index contributed by atoms with van der Waals surface area (Å²) in [4.78, 5) is 12.9. The van der Waals surface area contributed by atoms with Crippen LogP contribution in [0.15, 0.2) is 18.2 Å². The molecule has 1 aliphatic heterocycles. The van der Waals surface area contributed by atoms with Crippen LogP contribution in [0, 0.1) is 29.1 Å². The third-order valence-electron chi connectivity index (χ3n) is 5.05. The number of rotatable bonds is 10. The van der Waals surface area contributed by atoms with Crippen LogP contribution in [0.2, 0.25) is 0 Å². The predicted molar refractivity (Wildman–Crippen MR) is 113 cm³/mol. The molecule has 0 spiro atoms. The van der Waals surface area contributed by atoms with E-state index in [0.717, 1.165) is 30.6 Å². The molecule has 0 fully saturated rings. The SMILES string of the molecule is CC(C)CCCCCC(C(=O)OC(C)(C)C)[C@@H](C#N)Cc1ccc2c(c1)OCO2. The lowest BCUT2D eigenvalue weighted by Crippen LogP contribution is -2.33. The molecule has 1 aromatic rings. The van der Waals surface area contributed by atoms with Crippen molar-refractivity contribution in [1.29, 1.82) is 5.26 Å². The summed E-state index contributed by atoms with van der Waals surface area (Å²) in [6, 6.07) is 8.07. The van der Waals surface area contributed by atoms with Crippen molar-refractivity contribution in [3.63, 3.8) is 0 Å². The summed E-state index contributed by atoms with van der Waals surface area (Å²) in [5.41, 5.74) is 0.403. The van der Waals surface area contributed by atoms with Gasteiger partial charge in [-0.2, -0.15) is 5.26 Å². The van der Waals surface area contributed by atoms with E-state index in [1.807, 2.05) is 39.0 Å². The maximum atomic E-state index is 12.9. The average molecular weight is 402 g/mol. The average Bonchev–Trinajstić information content (AvgIpc) is 3.09. The zero-order valence-electron chi connectivity index (χ0n) is 18.5. The summed E-state index contributed by atoms with van der Waals surface area (Å²) >= 11 is 0. The zero-order valence-corrected chi connectivity index (χ0v) is 18.5. The van der Waals surface area contributed by atoms with E-state index in [0.29, 0.717) is 24.5 Å². The highest BCUT2D eigenvalue weighted by molar-refractivity contribution is 5.73. The van der Waals surface area contributed by atoms with Gasteiger partial charge in [0.05, 0.1) is 17.9 Å². The summed E-state index contributed by atoms with van der Waals surface area (Å²) in [7, 11) is 0. The molecule has 0 amide bonds. The maximum absolute atomic E-state index is 12.9. The Balaban J connectivity index is 2.06. The lowest BCUT2D eigenvalue weighted by Gasteiger charge is -2.26. The van der Waals surface area contributed by atoms with Crippen LogP contribution in [0.3, 0.4) is 0 Å². The van der Waals surface area contributed by atoms with Crippen LogP contribution >= 0.6 is 0 Å². The maximum Gasteiger partial charge on any atom is 0.310 e. The molecule has 0 saturated heterocycles. The Morgan fingerprint density at radius 2 is 1.83 bits per heavy atom. The van der Waals surface area contributed by atoms with E-state index in [1.165, 1.54) is 6.42 Å². The van der Waals surface area contributed by atoms with Gasteiger partial charge in [0.1, 0.15) is 5.60 Å². The largest absolute Gasteiger partial charge is 0.460 e. The van der Waals surface area contributed by atoms with Gasteiger partial charge in [0, 0.05) is 0 Å². The molecule has 0 aromatic heterocycles. The fourth-order valence-corrected chi connectivity index (χ4v) is 3.55. The molecule has 1 aliphatic rings. The number of carbonyl (C=O) groups excluding carboxylic acids is 1. The molecule has 0 N–H and O–H groups in total. The van der Waals surface area contributed by atoms with E-state index in [-0.39, 0.29) is 12.8 Å². The predicted octanol–water partition coefficient (Wildman–Crippen LogP) is 5.66. The first kappa shape index (κ1) is 23.1. The highest BCUT2D eigenvalue weighted by Crippen LogP contribution is 2.34. The number of hydrogen-bond donors (Lipinski definition) is 0. The standard InChI is InChI=1S/C24H35NO4/c1-17(2)9-7-6-8-10-20(23(26)29-24(3,4)5)19(15-25)13-18-11-12-21-22(14-18)28-16-27-21/h11-12,14,17,19-20H,6-10,13,16H2,1-5H3/t19-,20?/m1/s1. The molecule has 0 bridgehead atoms. The van der Waals surface area contributed by atoms with Crippen LogP contribution in [-0.2, 0) is 16.0 Å². The van der Waals surface area contributed by atoms with Gasteiger partial charge in [-0.05, 0) is 57.2 Å². The van der Waals surface area contributed by atoms with Crippen molar-refractivity contribution in [2.45, 2.75) is 78.7 Å². The Morgan fingerprint density at radius 3 is 2.48 bits per heavy atom. The van der Waals surface area contributed by atoms with Crippen molar-refractivity contribution in [2.24, 2.45) is 17.8 Å². The van der Waals surface area contributed by atoms with E-state index in [4.69, 9.17) is 14.2 Å². The smallest absolute Gasteiger partial charge is 0.310 e. The van der Waals surface area contributed by atoms with Crippen molar-refractivity contribution in [1.82, 2.24) is 0 Å². The van der Waals surface area contributed by atoms with E-state index in [2.05, 4.69) is 19.9 Å². The van der Waals surface area contributed by atoms with Gasteiger partial charge in [-0.15, -0.1) is 0 Å². The van der Waals surface area contributed by atoms with Gasteiger partial charge < -0.3 is 14.2 Å². The number of nitrogens with zero attached hydrogens (tertiary/aromatic N) is 1. The Bertz CT molecular complexity index is 715. The van der Waals surface area contributed by atoms with Gasteiger partial charge in [0.2, 0.25) is 6.79 Å². The van der Waals surface area contributed by atoms with Gasteiger partial charge in [-0.1, -0.05) is 45.6 Å². The summed E-state index contributed by atoms with van der Waals surface area (Å²) in [6.45, 7) is 10.3. The van der Waals surface area contributed by atoms with E-state index in [9.17, 15) is 10.1 Å². The van der Waals surface area contributed by atoms with Crippen LogP contribution in [0.5, 0.6) is 11.5 Å². The molecule has 1 aromatic carbocycles. The second-order valence-electron chi connectivity index (χ2n) is 9.30. The summed E-state index contributed by atoms with van der Waals surface area (Å²) in [5, 5.41) is 9.86. The topological polar surface area (TPSA) is 68.6 Å². The van der Waals surface area contributed by atoms with Crippen LogP contribution in [0.1, 0.15) is 72.3 Å². The summed E-state index contributed by atoms with van der Waals surface area (Å²) in [5.74, 6) is 0.972. The minimum absolute atomic E-state index is 0.220. The minimum Gasteiger partial charge on any atom is -0.460 e. The number of benzene rings is 1. The van der Waals surface area contributed by atoms with Crippen LogP contribution < -0.4 is 9.47 Å². The van der Waals surface area contributed by atoms with Gasteiger partial charge in [0.15, 0.2) is 11.5 Å². The van der Waals surface area contributed by atoms with Crippen LogP contribution in [0.4, 0.5) is 0 Å². The number of carbonyl (C=O) groups is 1. The lowest BCUT2D eigenvalue weighted by atomic mass is 9.84. The molecule has 1 unspecified atom stereocenters. The number of ether oxygens (including phenoxy) is 3. The van der Waals surface area contributed by atoms with Crippen molar-refractivity contribution in [3.05, 3.63) is 23.8 Å². The van der Waals surface area contributed by atoms with Crippen LogP contribution in [0.25, 0.3) is 0 Å². The van der Waals surface area contributed by atoms with Gasteiger partial charge in [-0.25, -0.2) is 0 Å². The first-order valence-corrected chi connectivity index (χ1v) is 10.7. The Hall–Kier alpha value is -2.22. The molecule has 0 radical (unpaired) electrons. The van der Waals surface area contributed by atoms with Gasteiger partial charge in [0.25, 0.3) is 0 Å². The Morgan fingerprint density at radius 1 is 1.14 bits per heavy atom. The molecule has 1 heterocycles. The second-order valence-corrected chi connectivity index (χ2v) is 9.30. The first-order chi connectivity index (χ1) is 13.7. The molecular formula is C24H35NO4. The fourth-order valence-electron chi connectivity index (χ4n) is 3.55. The fraction of sp³-hybridized carbons (Fsp3) is 0.667. The van der Waals surface area contributed by atoms with E-state index in [1.54, 1.807) is 0 Å². The molecular weight excluding hydrogens is 366 g/mol. The third kappa shape index (κ3) is 7.61. The quantitative estimate of drug-likeness (QED) is 0.374. The number of nitriles is 1. The molecule has 0 saturated carbocycles. The van der Waals surface area contributed by atoms with Gasteiger partial charge in [-0.3, -0.25) is 4.79 Å². The number of fused-ring (bicyclic) bond motifs is 1. The number of hydrogen-bond acceptors (Lipinski definition) is 5. The summed E-state index contributed by atoms with van der Waals surface area (Å²) in [6.07, 6.45) is 5.50. The lowest BCUT2D eigenvalue weighted by molar-refractivity contribution is -0.161. The molecule has 0 aliphatic carbocycles. The molecule has 5 heteroatoms. The molecule has 2 rings (SSSR count). The highest BCUT2D eigenvalue weighted by atomic mass is 16.7. The normalized spacial score (nSPS) is 15.1. The van der Waals surface area contributed by atoms with Crippen molar-refractivity contribution < 1.29 is 19.0 Å². The first-order valence-electron chi connectivity index (χ1n) is 10.7. The molecule has 29 heavy (non-hydrogen) atoms. The highest BCUT2D eigenvalue weighted by Gasteiger charge is 2.32. The molecule has 2 atom stereocenters. The number of unbranched alkanes of at least 4 members (excludes halogenated alkanes) is 2. The minimum atomic E-state index is -0.564. The second kappa shape index (κ2) is 10.5. The number of esters is 1. The summed E-state index contributed by atoms with van der Waals surface area (Å²) < 4.78 is 16.5. The van der Waals surface area contributed by atoms with E-state index >= 15 is 0 Å². The zero-order chi connectivity index (χ0) is 21.4. The third-order valence-corrected chi connectivity index (χ3v) is 5.05. The Labute approximate surface area is 175 Å². The monoisotopic (exact) mass is 401 g/mol. The van der Waals surface area contributed by atoms with E-state index < -0.39 is 17.4 Å². The van der Waals surface area contributed by atoms with Crippen LogP contribution in [-0.4, -0.2) is 18.4 Å². The van der Waals surface area contributed by atoms with Crippen molar-refractivity contribution in [2.75, 3.05) is 6.79 Å². The Kier molecular flexibility index (Phi) is 8.37. The molecule has 5 nitrogen and oxygen atoms in total. The van der Waals surface area contributed by atoms with Gasteiger partial charge >= 0.3 is 5.97 Å².